The SMILES string of the molecule is COC(=O)c1cccc(C2C(C(C)=O)=C(O)C(=O)N2CCc2c[nH]c3ccccc23)c1. The van der Waals surface area contributed by atoms with Crippen LogP contribution in [0.4, 0.5) is 0 Å². The Bertz CT molecular complexity index is 1220. The molecule has 31 heavy (non-hydrogen) atoms. The van der Waals surface area contributed by atoms with Gasteiger partial charge >= 0.3 is 5.97 Å². The van der Waals surface area contributed by atoms with Crippen molar-refractivity contribution in [3.63, 3.8) is 0 Å². The van der Waals surface area contributed by atoms with E-state index < -0.39 is 29.5 Å². The van der Waals surface area contributed by atoms with Gasteiger partial charge in [0, 0.05) is 23.6 Å². The molecule has 1 atom stereocenters. The van der Waals surface area contributed by atoms with Crippen LogP contribution in [0.5, 0.6) is 0 Å². The number of carbonyl (C=O) groups is 3. The van der Waals surface area contributed by atoms with Crippen molar-refractivity contribution in [2.24, 2.45) is 0 Å². The molecular weight excluding hydrogens is 396 g/mol. The number of para-hydroxylation sites is 1. The van der Waals surface area contributed by atoms with Crippen molar-refractivity contribution >= 4 is 28.6 Å². The number of hydrogen-bond donors (Lipinski definition) is 2. The van der Waals surface area contributed by atoms with E-state index in [9.17, 15) is 19.5 Å². The van der Waals surface area contributed by atoms with Gasteiger partial charge in [0.25, 0.3) is 5.91 Å². The Labute approximate surface area is 178 Å². The molecule has 0 saturated heterocycles. The highest BCUT2D eigenvalue weighted by atomic mass is 16.5. The summed E-state index contributed by atoms with van der Waals surface area (Å²) < 4.78 is 4.78. The summed E-state index contributed by atoms with van der Waals surface area (Å²) in [4.78, 5) is 41.9. The predicted molar refractivity (Wildman–Crippen MR) is 115 cm³/mol. The number of benzene rings is 2. The largest absolute Gasteiger partial charge is 0.503 e. The summed E-state index contributed by atoms with van der Waals surface area (Å²) in [7, 11) is 1.29. The molecule has 7 nitrogen and oxygen atoms in total. The Morgan fingerprint density at radius 3 is 2.68 bits per heavy atom. The van der Waals surface area contributed by atoms with Gasteiger partial charge in [-0.2, -0.15) is 0 Å². The second-order valence-corrected chi connectivity index (χ2v) is 7.45. The standard InChI is InChI=1S/C24H22N2O5/c1-14(27)20-21(15-6-5-7-16(12-15)24(30)31-2)26(23(29)22(20)28)11-10-17-13-25-19-9-4-3-8-18(17)19/h3-9,12-13,21,25,28H,10-11H2,1-2H3. The monoisotopic (exact) mass is 418 g/mol. The van der Waals surface area contributed by atoms with Crippen molar-refractivity contribution in [2.45, 2.75) is 19.4 Å². The van der Waals surface area contributed by atoms with Crippen LogP contribution in [-0.4, -0.2) is 46.3 Å². The number of nitrogens with zero attached hydrogens (tertiary/aromatic N) is 1. The van der Waals surface area contributed by atoms with Crippen molar-refractivity contribution in [3.8, 4) is 0 Å². The smallest absolute Gasteiger partial charge is 0.337 e. The number of hydrogen-bond acceptors (Lipinski definition) is 5. The van der Waals surface area contributed by atoms with E-state index in [0.717, 1.165) is 16.5 Å². The van der Waals surface area contributed by atoms with E-state index in [1.807, 2.05) is 30.5 Å². The van der Waals surface area contributed by atoms with E-state index in [4.69, 9.17) is 4.74 Å². The maximum atomic E-state index is 12.9. The van der Waals surface area contributed by atoms with Crippen LogP contribution in [-0.2, 0) is 20.7 Å². The van der Waals surface area contributed by atoms with E-state index in [-0.39, 0.29) is 12.1 Å². The van der Waals surface area contributed by atoms with Gasteiger partial charge in [-0.05, 0) is 42.7 Å². The number of carbonyl (C=O) groups excluding carboxylic acids is 3. The zero-order valence-corrected chi connectivity index (χ0v) is 17.2. The predicted octanol–water partition coefficient (Wildman–Crippen LogP) is 3.48. The molecular formula is C24H22N2O5. The van der Waals surface area contributed by atoms with Gasteiger partial charge in [0.05, 0.1) is 24.3 Å². The second-order valence-electron chi connectivity index (χ2n) is 7.45. The molecule has 0 bridgehead atoms. The van der Waals surface area contributed by atoms with Crippen LogP contribution < -0.4 is 0 Å². The number of nitrogens with one attached hydrogen (secondary N) is 1. The third kappa shape index (κ3) is 3.59. The normalized spacial score (nSPS) is 16.3. The van der Waals surface area contributed by atoms with E-state index in [2.05, 4.69) is 4.98 Å². The molecule has 1 aliphatic heterocycles. The first-order valence-electron chi connectivity index (χ1n) is 9.90. The van der Waals surface area contributed by atoms with E-state index in [1.54, 1.807) is 24.3 Å². The molecule has 1 aliphatic rings. The molecule has 4 rings (SSSR count). The van der Waals surface area contributed by atoms with Gasteiger partial charge in [0.2, 0.25) is 0 Å². The molecule has 0 spiro atoms. The first-order valence-corrected chi connectivity index (χ1v) is 9.90. The number of ether oxygens (including phenoxy) is 1. The Kier molecular flexibility index (Phi) is 5.33. The third-order valence-electron chi connectivity index (χ3n) is 5.60. The van der Waals surface area contributed by atoms with E-state index in [1.165, 1.54) is 18.9 Å². The molecule has 1 amide bonds. The van der Waals surface area contributed by atoms with Crippen LogP contribution in [0.3, 0.4) is 0 Å². The van der Waals surface area contributed by atoms with E-state index >= 15 is 0 Å². The summed E-state index contributed by atoms with van der Waals surface area (Å²) in [5.41, 5.74) is 2.92. The molecule has 2 N–H and O–H groups in total. The summed E-state index contributed by atoms with van der Waals surface area (Å²) in [5.74, 6) is -2.05. The van der Waals surface area contributed by atoms with Gasteiger partial charge in [-0.15, -0.1) is 0 Å². The Balaban J connectivity index is 1.69. The van der Waals surface area contributed by atoms with Crippen molar-refractivity contribution in [1.82, 2.24) is 9.88 Å². The average Bonchev–Trinajstić information content (AvgIpc) is 3.30. The summed E-state index contributed by atoms with van der Waals surface area (Å²) in [5, 5.41) is 11.5. The zero-order chi connectivity index (χ0) is 22.1. The number of aliphatic hydroxyl groups is 1. The van der Waals surface area contributed by atoms with Crippen molar-refractivity contribution in [3.05, 3.63) is 82.8 Å². The number of methoxy groups -OCH3 is 1. The summed E-state index contributed by atoms with van der Waals surface area (Å²) in [6, 6.07) is 13.7. The average molecular weight is 418 g/mol. The Morgan fingerprint density at radius 2 is 1.94 bits per heavy atom. The molecule has 158 valence electrons. The molecule has 0 aliphatic carbocycles. The number of ketones is 1. The van der Waals surface area contributed by atoms with Crippen LogP contribution >= 0.6 is 0 Å². The maximum Gasteiger partial charge on any atom is 0.337 e. The summed E-state index contributed by atoms with van der Waals surface area (Å²) in [6.07, 6.45) is 2.43. The molecule has 2 aromatic carbocycles. The van der Waals surface area contributed by atoms with Gasteiger partial charge in [-0.3, -0.25) is 9.59 Å². The second kappa shape index (κ2) is 8.10. The Hall–Kier alpha value is -3.87. The number of esters is 1. The lowest BCUT2D eigenvalue weighted by Crippen LogP contribution is -2.33. The molecule has 1 unspecified atom stereocenters. The minimum atomic E-state index is -0.778. The Morgan fingerprint density at radius 1 is 1.16 bits per heavy atom. The van der Waals surface area contributed by atoms with Crippen molar-refractivity contribution < 1.29 is 24.2 Å². The van der Waals surface area contributed by atoms with Gasteiger partial charge in [0.1, 0.15) is 0 Å². The lowest BCUT2D eigenvalue weighted by molar-refractivity contribution is -0.129. The molecule has 0 fully saturated rings. The number of aliphatic hydroxyl groups excluding tert-OH is 1. The van der Waals surface area contributed by atoms with Crippen LogP contribution in [0.1, 0.15) is 34.5 Å². The lowest BCUT2D eigenvalue weighted by atomic mass is 9.95. The minimum absolute atomic E-state index is 0.0333. The fraction of sp³-hybridized carbons (Fsp3) is 0.208. The summed E-state index contributed by atoms with van der Waals surface area (Å²) >= 11 is 0. The zero-order valence-electron chi connectivity index (χ0n) is 17.2. The van der Waals surface area contributed by atoms with Gasteiger partial charge < -0.3 is 19.7 Å². The van der Waals surface area contributed by atoms with Crippen LogP contribution in [0.2, 0.25) is 0 Å². The van der Waals surface area contributed by atoms with Crippen LogP contribution in [0.15, 0.2) is 66.1 Å². The lowest BCUT2D eigenvalue weighted by Gasteiger charge is -2.27. The number of amides is 1. The maximum absolute atomic E-state index is 12.9. The minimum Gasteiger partial charge on any atom is -0.503 e. The molecule has 0 radical (unpaired) electrons. The summed E-state index contributed by atoms with van der Waals surface area (Å²) in [6.45, 7) is 1.60. The van der Waals surface area contributed by atoms with Crippen LogP contribution in [0.25, 0.3) is 10.9 Å². The third-order valence-corrected chi connectivity index (χ3v) is 5.60. The first-order chi connectivity index (χ1) is 14.9. The molecule has 0 saturated carbocycles. The number of aromatic amines is 1. The molecule has 1 aromatic heterocycles. The first kappa shape index (κ1) is 20.4. The quantitative estimate of drug-likeness (QED) is 0.597. The molecule has 3 aromatic rings. The van der Waals surface area contributed by atoms with E-state index in [0.29, 0.717) is 17.5 Å². The fourth-order valence-electron chi connectivity index (χ4n) is 4.12. The number of H-pyrrole nitrogens is 1. The number of Topliss-reactive ketones (excluding diaryl/α,β-unsaturated/α-hetero) is 1. The highest BCUT2D eigenvalue weighted by Gasteiger charge is 2.42. The number of rotatable bonds is 6. The topological polar surface area (TPSA) is 99.7 Å². The highest BCUT2D eigenvalue weighted by Crippen LogP contribution is 2.38. The van der Waals surface area contributed by atoms with Crippen molar-refractivity contribution in [1.29, 1.82) is 0 Å². The van der Waals surface area contributed by atoms with Gasteiger partial charge in [0.15, 0.2) is 11.5 Å². The number of aromatic nitrogens is 1. The highest BCUT2D eigenvalue weighted by molar-refractivity contribution is 6.08. The number of fused-ring (bicyclic) bond motifs is 1. The molecule has 7 heteroatoms. The van der Waals surface area contributed by atoms with Crippen molar-refractivity contribution in [2.75, 3.05) is 13.7 Å². The van der Waals surface area contributed by atoms with Gasteiger partial charge in [-0.1, -0.05) is 30.3 Å². The van der Waals surface area contributed by atoms with Crippen LogP contribution in [0, 0.1) is 0 Å². The molecule has 2 heterocycles. The fourth-order valence-corrected chi connectivity index (χ4v) is 4.12. The van der Waals surface area contributed by atoms with Gasteiger partial charge in [-0.25, -0.2) is 4.79 Å².